The van der Waals surface area contributed by atoms with Crippen LogP contribution in [0.25, 0.3) is 0 Å². The third kappa shape index (κ3) is 4.51. The number of amides is 3. The molecule has 3 amide bonds. The second-order valence-corrected chi connectivity index (χ2v) is 9.73. The van der Waals surface area contributed by atoms with E-state index < -0.39 is 5.41 Å². The Kier molecular flexibility index (Phi) is 5.91. The standard InChI is InChI=1S/C25H32N6O2/c1-18-6-2-3-7-21(18)29-24(33)30-13-4-10-25(22(32)28-14-19-8-9-19)17-31(16-20(25)15-30)23-26-11-5-12-27-23/h2-3,5-7,11-12,19-20H,4,8-10,13-17H2,1H3,(H,28,32)(H,29,33)/t20-,25-/m0/s1. The molecule has 0 unspecified atom stereocenters. The summed E-state index contributed by atoms with van der Waals surface area (Å²) in [5, 5.41) is 6.31. The largest absolute Gasteiger partial charge is 0.355 e. The Hall–Kier alpha value is -3.16. The van der Waals surface area contributed by atoms with Crippen LogP contribution in [0, 0.1) is 24.2 Å². The Labute approximate surface area is 194 Å². The molecule has 3 aliphatic rings. The first kappa shape index (κ1) is 21.7. The highest BCUT2D eigenvalue weighted by molar-refractivity contribution is 5.90. The molecule has 2 atom stereocenters. The van der Waals surface area contributed by atoms with Gasteiger partial charge in [-0.05, 0) is 56.2 Å². The van der Waals surface area contributed by atoms with E-state index in [4.69, 9.17) is 0 Å². The lowest BCUT2D eigenvalue weighted by molar-refractivity contribution is -0.132. The highest BCUT2D eigenvalue weighted by atomic mass is 16.2. The number of hydrogen-bond acceptors (Lipinski definition) is 5. The van der Waals surface area contributed by atoms with E-state index >= 15 is 0 Å². The minimum atomic E-state index is -0.536. The smallest absolute Gasteiger partial charge is 0.321 e. The minimum absolute atomic E-state index is 0.0191. The van der Waals surface area contributed by atoms with E-state index in [0.29, 0.717) is 38.0 Å². The van der Waals surface area contributed by atoms with Gasteiger partial charge in [0.2, 0.25) is 11.9 Å². The first-order chi connectivity index (χ1) is 16.0. The van der Waals surface area contributed by atoms with Crippen LogP contribution in [0.4, 0.5) is 16.4 Å². The molecule has 2 aromatic rings. The Morgan fingerprint density at radius 3 is 2.67 bits per heavy atom. The van der Waals surface area contributed by atoms with Gasteiger partial charge in [-0.3, -0.25) is 4.79 Å². The third-order valence-corrected chi connectivity index (χ3v) is 7.40. The molecule has 1 aliphatic carbocycles. The quantitative estimate of drug-likeness (QED) is 0.734. The Morgan fingerprint density at radius 1 is 1.12 bits per heavy atom. The molecule has 0 radical (unpaired) electrons. The average molecular weight is 449 g/mol. The van der Waals surface area contributed by atoms with E-state index in [1.54, 1.807) is 18.5 Å². The number of fused-ring (bicyclic) bond motifs is 1. The van der Waals surface area contributed by atoms with Gasteiger partial charge in [0.1, 0.15) is 0 Å². The van der Waals surface area contributed by atoms with E-state index in [1.807, 2.05) is 36.1 Å². The van der Waals surface area contributed by atoms with Gasteiger partial charge in [-0.15, -0.1) is 0 Å². The number of likely N-dealkylation sites (tertiary alicyclic amines) is 1. The normalized spacial score (nSPS) is 24.7. The summed E-state index contributed by atoms with van der Waals surface area (Å²) in [5.74, 6) is 1.42. The number of carbonyl (C=O) groups excluding carboxylic acids is 2. The minimum Gasteiger partial charge on any atom is -0.355 e. The van der Waals surface area contributed by atoms with Crippen molar-refractivity contribution < 1.29 is 9.59 Å². The van der Waals surface area contributed by atoms with E-state index in [9.17, 15) is 9.59 Å². The van der Waals surface area contributed by atoms with Crippen molar-refractivity contribution in [3.8, 4) is 0 Å². The number of benzene rings is 1. The Bertz CT molecular complexity index is 1010. The lowest BCUT2D eigenvalue weighted by Gasteiger charge is -2.32. The first-order valence-electron chi connectivity index (χ1n) is 12.0. The van der Waals surface area contributed by atoms with Crippen molar-refractivity contribution >= 4 is 23.6 Å². The Morgan fingerprint density at radius 2 is 1.91 bits per heavy atom. The molecule has 2 aliphatic heterocycles. The van der Waals surface area contributed by atoms with Crippen molar-refractivity contribution in [2.24, 2.45) is 17.3 Å². The predicted molar refractivity (Wildman–Crippen MR) is 127 cm³/mol. The molecule has 2 N–H and O–H groups in total. The molecule has 3 heterocycles. The van der Waals surface area contributed by atoms with Gasteiger partial charge in [-0.1, -0.05) is 18.2 Å². The predicted octanol–water partition coefficient (Wildman–Crippen LogP) is 3.06. The average Bonchev–Trinajstić information content (AvgIpc) is 3.62. The number of anilines is 2. The maximum Gasteiger partial charge on any atom is 0.321 e. The molecule has 5 rings (SSSR count). The zero-order valence-electron chi connectivity index (χ0n) is 19.2. The van der Waals surface area contributed by atoms with E-state index in [-0.39, 0.29) is 17.9 Å². The molecule has 1 aromatic carbocycles. The number of nitrogens with zero attached hydrogens (tertiary/aromatic N) is 4. The van der Waals surface area contributed by atoms with Crippen molar-refractivity contribution in [3.05, 3.63) is 48.3 Å². The van der Waals surface area contributed by atoms with Crippen LogP contribution in [0.1, 0.15) is 31.2 Å². The SMILES string of the molecule is Cc1ccccc1NC(=O)N1CCC[C@]2(C(=O)NCC3CC3)CN(c3ncccn3)C[C@@H]2C1. The zero-order chi connectivity index (χ0) is 22.8. The number of aromatic nitrogens is 2. The summed E-state index contributed by atoms with van der Waals surface area (Å²) in [6.45, 7) is 5.18. The molecular weight excluding hydrogens is 416 g/mol. The van der Waals surface area contributed by atoms with E-state index in [2.05, 4.69) is 25.5 Å². The number of urea groups is 1. The van der Waals surface area contributed by atoms with Gasteiger partial charge >= 0.3 is 6.03 Å². The van der Waals surface area contributed by atoms with Crippen LogP contribution in [0.15, 0.2) is 42.7 Å². The van der Waals surface area contributed by atoms with Crippen LogP contribution < -0.4 is 15.5 Å². The molecule has 33 heavy (non-hydrogen) atoms. The van der Waals surface area contributed by atoms with E-state index in [0.717, 1.165) is 30.6 Å². The molecule has 174 valence electrons. The maximum absolute atomic E-state index is 13.6. The molecule has 0 bridgehead atoms. The first-order valence-corrected chi connectivity index (χ1v) is 12.0. The van der Waals surface area contributed by atoms with Crippen molar-refractivity contribution in [1.82, 2.24) is 20.2 Å². The number of hydrogen-bond donors (Lipinski definition) is 2. The van der Waals surface area contributed by atoms with Crippen LogP contribution >= 0.6 is 0 Å². The molecule has 1 aromatic heterocycles. The van der Waals surface area contributed by atoms with Crippen molar-refractivity contribution in [1.29, 1.82) is 0 Å². The molecular formula is C25H32N6O2. The fourth-order valence-electron chi connectivity index (χ4n) is 5.24. The summed E-state index contributed by atoms with van der Waals surface area (Å²) in [4.78, 5) is 39.6. The third-order valence-electron chi connectivity index (χ3n) is 7.40. The second-order valence-electron chi connectivity index (χ2n) is 9.73. The molecule has 3 fully saturated rings. The van der Waals surface area contributed by atoms with Crippen LogP contribution in [0.2, 0.25) is 0 Å². The summed E-state index contributed by atoms with van der Waals surface area (Å²) in [7, 11) is 0. The lowest BCUT2D eigenvalue weighted by atomic mass is 9.74. The lowest BCUT2D eigenvalue weighted by Crippen LogP contribution is -2.49. The molecule has 8 heteroatoms. The zero-order valence-corrected chi connectivity index (χ0v) is 19.2. The highest BCUT2D eigenvalue weighted by Gasteiger charge is 2.54. The summed E-state index contributed by atoms with van der Waals surface area (Å²) < 4.78 is 0. The van der Waals surface area contributed by atoms with Gasteiger partial charge in [0.05, 0.1) is 5.41 Å². The van der Waals surface area contributed by atoms with Gasteiger partial charge < -0.3 is 20.4 Å². The van der Waals surface area contributed by atoms with Gasteiger partial charge in [0, 0.05) is 56.7 Å². The number of nitrogens with one attached hydrogen (secondary N) is 2. The van der Waals surface area contributed by atoms with Crippen LogP contribution in [-0.2, 0) is 4.79 Å². The van der Waals surface area contributed by atoms with Gasteiger partial charge in [0.25, 0.3) is 0 Å². The van der Waals surface area contributed by atoms with Crippen molar-refractivity contribution in [2.45, 2.75) is 32.6 Å². The number of para-hydroxylation sites is 1. The monoisotopic (exact) mass is 448 g/mol. The number of carbonyl (C=O) groups is 2. The number of rotatable bonds is 5. The fourth-order valence-corrected chi connectivity index (χ4v) is 5.24. The van der Waals surface area contributed by atoms with Crippen molar-refractivity contribution in [3.63, 3.8) is 0 Å². The summed E-state index contributed by atoms with van der Waals surface area (Å²) in [6, 6.07) is 9.49. The molecule has 0 spiro atoms. The molecule has 1 saturated carbocycles. The van der Waals surface area contributed by atoms with Crippen LogP contribution in [0.5, 0.6) is 0 Å². The summed E-state index contributed by atoms with van der Waals surface area (Å²) >= 11 is 0. The topological polar surface area (TPSA) is 90.5 Å². The van der Waals surface area contributed by atoms with Gasteiger partial charge in [0.15, 0.2) is 0 Å². The molecule has 2 saturated heterocycles. The second kappa shape index (κ2) is 9.00. The van der Waals surface area contributed by atoms with Gasteiger partial charge in [-0.25, -0.2) is 14.8 Å². The van der Waals surface area contributed by atoms with Crippen LogP contribution in [-0.4, -0.2) is 59.5 Å². The van der Waals surface area contributed by atoms with Crippen LogP contribution in [0.3, 0.4) is 0 Å². The molecule has 8 nitrogen and oxygen atoms in total. The highest BCUT2D eigenvalue weighted by Crippen LogP contribution is 2.44. The fraction of sp³-hybridized carbons (Fsp3) is 0.520. The Balaban J connectivity index is 1.36. The summed E-state index contributed by atoms with van der Waals surface area (Å²) in [6.07, 6.45) is 7.42. The number of aryl methyl sites for hydroxylation is 1. The van der Waals surface area contributed by atoms with E-state index in [1.165, 1.54) is 12.8 Å². The van der Waals surface area contributed by atoms with Gasteiger partial charge in [-0.2, -0.15) is 0 Å². The van der Waals surface area contributed by atoms with Crippen molar-refractivity contribution in [2.75, 3.05) is 42.9 Å². The maximum atomic E-state index is 13.6. The summed E-state index contributed by atoms with van der Waals surface area (Å²) in [5.41, 5.74) is 1.32.